The van der Waals surface area contributed by atoms with E-state index in [0.29, 0.717) is 24.0 Å². The molecule has 102 valence electrons. The first kappa shape index (κ1) is 14.0. The second-order valence-electron chi connectivity index (χ2n) is 4.60. The average Bonchev–Trinajstić information content (AvgIpc) is 2.76. The van der Waals surface area contributed by atoms with Gasteiger partial charge in [0.1, 0.15) is 5.82 Å². The highest BCUT2D eigenvalue weighted by atomic mass is 79.9. The van der Waals surface area contributed by atoms with E-state index in [1.54, 1.807) is 6.07 Å². The molecule has 1 N–H and O–H groups in total. The summed E-state index contributed by atoms with van der Waals surface area (Å²) in [5.41, 5.74) is 0.0125. The number of amides is 1. The second-order valence-corrected chi connectivity index (χ2v) is 5.45. The molecule has 1 atom stereocenters. The molecule has 0 saturated carbocycles. The van der Waals surface area contributed by atoms with Gasteiger partial charge in [-0.2, -0.15) is 0 Å². The highest BCUT2D eigenvalue weighted by Gasteiger charge is 2.30. The molecule has 19 heavy (non-hydrogen) atoms. The number of nitrogens with zero attached hydrogens (tertiary/aromatic N) is 1. The van der Waals surface area contributed by atoms with Crippen molar-refractivity contribution in [2.45, 2.75) is 12.8 Å². The number of carboxylic acids is 1. The number of aliphatic carboxylic acids is 1. The fourth-order valence-corrected chi connectivity index (χ4v) is 2.80. The van der Waals surface area contributed by atoms with Gasteiger partial charge in [0.2, 0.25) is 0 Å². The number of carbonyl (C=O) groups is 2. The molecule has 1 fully saturated rings. The molecular formula is C13H13BrFNO3. The quantitative estimate of drug-likeness (QED) is 0.927. The van der Waals surface area contributed by atoms with Gasteiger partial charge in [-0.3, -0.25) is 9.59 Å². The van der Waals surface area contributed by atoms with Crippen LogP contribution in [0.1, 0.15) is 23.2 Å². The first-order valence-corrected chi connectivity index (χ1v) is 6.73. The van der Waals surface area contributed by atoms with Crippen molar-refractivity contribution in [1.82, 2.24) is 4.90 Å². The van der Waals surface area contributed by atoms with E-state index in [-0.39, 0.29) is 17.9 Å². The lowest BCUT2D eigenvalue weighted by molar-refractivity contribution is -0.138. The lowest BCUT2D eigenvalue weighted by Crippen LogP contribution is -2.30. The molecule has 1 aliphatic rings. The lowest BCUT2D eigenvalue weighted by Gasteiger charge is -2.17. The third kappa shape index (κ3) is 3.12. The van der Waals surface area contributed by atoms with Crippen LogP contribution in [0.3, 0.4) is 0 Å². The maximum Gasteiger partial charge on any atom is 0.303 e. The number of halogens is 2. The maximum absolute atomic E-state index is 13.7. The van der Waals surface area contributed by atoms with Gasteiger partial charge in [0.15, 0.2) is 0 Å². The van der Waals surface area contributed by atoms with Gasteiger partial charge >= 0.3 is 5.97 Å². The van der Waals surface area contributed by atoms with E-state index >= 15 is 0 Å². The van der Waals surface area contributed by atoms with Gasteiger partial charge in [-0.25, -0.2) is 4.39 Å². The number of hydrogen-bond donors (Lipinski definition) is 1. The van der Waals surface area contributed by atoms with Crippen LogP contribution in [0.4, 0.5) is 4.39 Å². The Labute approximate surface area is 118 Å². The summed E-state index contributed by atoms with van der Waals surface area (Å²) in [6.45, 7) is 0.837. The molecule has 4 nitrogen and oxygen atoms in total. The predicted molar refractivity (Wildman–Crippen MR) is 70.4 cm³/mol. The molecule has 0 aromatic heterocycles. The van der Waals surface area contributed by atoms with E-state index in [1.807, 2.05) is 0 Å². The Morgan fingerprint density at radius 3 is 2.84 bits per heavy atom. The van der Waals surface area contributed by atoms with Crippen LogP contribution >= 0.6 is 15.9 Å². The number of carbonyl (C=O) groups excluding carboxylic acids is 1. The molecule has 1 saturated heterocycles. The van der Waals surface area contributed by atoms with Crippen LogP contribution < -0.4 is 0 Å². The Bertz CT molecular complexity index is 500. The van der Waals surface area contributed by atoms with Gasteiger partial charge < -0.3 is 10.0 Å². The minimum Gasteiger partial charge on any atom is -0.481 e. The topological polar surface area (TPSA) is 57.6 Å². The second kappa shape index (κ2) is 5.69. The summed E-state index contributed by atoms with van der Waals surface area (Å²) < 4.78 is 14.1. The molecular weight excluding hydrogens is 317 g/mol. The Hall–Kier alpha value is -1.43. The Kier molecular flexibility index (Phi) is 4.19. The van der Waals surface area contributed by atoms with Crippen molar-refractivity contribution in [3.8, 4) is 0 Å². The SMILES string of the molecule is O=C(O)CC1CCN(C(=O)c2c(F)cccc2Br)C1. The van der Waals surface area contributed by atoms with Crippen molar-refractivity contribution in [1.29, 1.82) is 0 Å². The van der Waals surface area contributed by atoms with E-state index in [4.69, 9.17) is 5.11 Å². The van der Waals surface area contributed by atoms with E-state index in [1.165, 1.54) is 17.0 Å². The fraction of sp³-hybridized carbons (Fsp3) is 0.385. The Morgan fingerprint density at radius 2 is 2.21 bits per heavy atom. The van der Waals surface area contributed by atoms with Crippen molar-refractivity contribution in [2.75, 3.05) is 13.1 Å². The van der Waals surface area contributed by atoms with Crippen LogP contribution in [0.2, 0.25) is 0 Å². The van der Waals surface area contributed by atoms with E-state index in [0.717, 1.165) is 0 Å². The largest absolute Gasteiger partial charge is 0.481 e. The smallest absolute Gasteiger partial charge is 0.303 e. The van der Waals surface area contributed by atoms with Gasteiger partial charge in [-0.15, -0.1) is 0 Å². The molecule has 0 radical (unpaired) electrons. The zero-order valence-corrected chi connectivity index (χ0v) is 11.7. The summed E-state index contributed by atoms with van der Waals surface area (Å²) in [5, 5.41) is 8.73. The molecule has 1 amide bonds. The average molecular weight is 330 g/mol. The maximum atomic E-state index is 13.7. The van der Waals surface area contributed by atoms with Crippen LogP contribution in [-0.2, 0) is 4.79 Å². The van der Waals surface area contributed by atoms with Crippen LogP contribution in [0.25, 0.3) is 0 Å². The monoisotopic (exact) mass is 329 g/mol. The molecule has 1 heterocycles. The first-order valence-electron chi connectivity index (χ1n) is 5.94. The van der Waals surface area contributed by atoms with Crippen LogP contribution in [0, 0.1) is 11.7 Å². The normalized spacial score (nSPS) is 18.6. The minimum absolute atomic E-state index is 0.0125. The summed E-state index contributed by atoms with van der Waals surface area (Å²) in [7, 11) is 0. The fourth-order valence-electron chi connectivity index (χ4n) is 2.29. The number of rotatable bonds is 3. The molecule has 2 rings (SSSR count). The van der Waals surface area contributed by atoms with Crippen molar-refractivity contribution < 1.29 is 19.1 Å². The zero-order valence-electron chi connectivity index (χ0n) is 10.1. The molecule has 1 aromatic rings. The summed E-state index contributed by atoms with van der Waals surface area (Å²) in [5.74, 6) is -1.88. The van der Waals surface area contributed by atoms with Gasteiger partial charge in [-0.1, -0.05) is 6.07 Å². The molecule has 1 aliphatic heterocycles. The molecule has 1 unspecified atom stereocenters. The molecule has 0 aliphatic carbocycles. The zero-order chi connectivity index (χ0) is 14.0. The van der Waals surface area contributed by atoms with Crippen molar-refractivity contribution in [3.63, 3.8) is 0 Å². The van der Waals surface area contributed by atoms with E-state index in [9.17, 15) is 14.0 Å². The third-order valence-electron chi connectivity index (χ3n) is 3.21. The highest BCUT2D eigenvalue weighted by Crippen LogP contribution is 2.26. The summed E-state index contributed by atoms with van der Waals surface area (Å²) >= 11 is 3.17. The number of likely N-dealkylation sites (tertiary alicyclic amines) is 1. The molecule has 0 bridgehead atoms. The highest BCUT2D eigenvalue weighted by molar-refractivity contribution is 9.10. The molecule has 0 spiro atoms. The number of carboxylic acid groups (broad SMARTS) is 1. The van der Waals surface area contributed by atoms with Crippen molar-refractivity contribution in [2.24, 2.45) is 5.92 Å². The van der Waals surface area contributed by atoms with Crippen LogP contribution in [0.15, 0.2) is 22.7 Å². The first-order chi connectivity index (χ1) is 8.99. The van der Waals surface area contributed by atoms with Crippen molar-refractivity contribution in [3.05, 3.63) is 34.1 Å². The molecule has 6 heteroatoms. The van der Waals surface area contributed by atoms with Gasteiger partial charge in [0.25, 0.3) is 5.91 Å². The number of hydrogen-bond acceptors (Lipinski definition) is 2. The summed E-state index contributed by atoms with van der Waals surface area (Å²) in [4.78, 5) is 24.4. The third-order valence-corrected chi connectivity index (χ3v) is 3.87. The number of benzene rings is 1. The van der Waals surface area contributed by atoms with Gasteiger partial charge in [0.05, 0.1) is 5.56 Å². The van der Waals surface area contributed by atoms with Gasteiger partial charge in [-0.05, 0) is 40.4 Å². The summed E-state index contributed by atoms with van der Waals surface area (Å²) in [6, 6.07) is 4.37. The standard InChI is InChI=1S/C13H13BrFNO3/c14-9-2-1-3-10(15)12(9)13(19)16-5-4-8(7-16)6-11(17)18/h1-3,8H,4-7H2,(H,17,18). The van der Waals surface area contributed by atoms with Gasteiger partial charge in [0, 0.05) is 24.0 Å². The predicted octanol–water partition coefficient (Wildman–Crippen LogP) is 2.53. The lowest BCUT2D eigenvalue weighted by atomic mass is 10.1. The van der Waals surface area contributed by atoms with Crippen LogP contribution in [0.5, 0.6) is 0 Å². The Morgan fingerprint density at radius 1 is 1.47 bits per heavy atom. The van der Waals surface area contributed by atoms with E-state index < -0.39 is 17.7 Å². The van der Waals surface area contributed by atoms with Crippen LogP contribution in [-0.4, -0.2) is 35.0 Å². The molecule has 1 aromatic carbocycles. The van der Waals surface area contributed by atoms with Crippen molar-refractivity contribution >= 4 is 27.8 Å². The summed E-state index contributed by atoms with van der Waals surface area (Å²) in [6.07, 6.45) is 0.687. The van der Waals surface area contributed by atoms with E-state index in [2.05, 4.69) is 15.9 Å². The minimum atomic E-state index is -0.869. The Balaban J connectivity index is 2.11.